The number of halogens is 2. The van der Waals surface area contributed by atoms with Crippen LogP contribution in [0.1, 0.15) is 17.0 Å². The monoisotopic (exact) mass is 387 g/mol. The van der Waals surface area contributed by atoms with E-state index in [9.17, 15) is 10.1 Å². The first kappa shape index (κ1) is 18.2. The van der Waals surface area contributed by atoms with E-state index in [4.69, 9.17) is 23.2 Å². The van der Waals surface area contributed by atoms with Gasteiger partial charge in [-0.1, -0.05) is 29.3 Å². The van der Waals surface area contributed by atoms with Gasteiger partial charge in [-0.3, -0.25) is 15.1 Å². The van der Waals surface area contributed by atoms with E-state index in [0.717, 1.165) is 22.6 Å². The van der Waals surface area contributed by atoms with Gasteiger partial charge in [0.1, 0.15) is 0 Å². The van der Waals surface area contributed by atoms with Crippen molar-refractivity contribution in [3.63, 3.8) is 0 Å². The zero-order valence-electron chi connectivity index (χ0n) is 14.1. The van der Waals surface area contributed by atoms with Gasteiger partial charge >= 0.3 is 0 Å². The lowest BCUT2D eigenvalue weighted by Gasteiger charge is -2.09. The van der Waals surface area contributed by atoms with Crippen LogP contribution in [0.5, 0.6) is 0 Å². The summed E-state index contributed by atoms with van der Waals surface area (Å²) in [5.74, 6) is 0. The molecule has 0 N–H and O–H groups in total. The van der Waals surface area contributed by atoms with Gasteiger partial charge < -0.3 is 4.57 Å². The second kappa shape index (κ2) is 7.32. The number of hydrogen-bond donors (Lipinski definition) is 0. The molecule has 7 heteroatoms. The van der Waals surface area contributed by atoms with Crippen LogP contribution in [0.15, 0.2) is 53.5 Å². The van der Waals surface area contributed by atoms with Gasteiger partial charge in [-0.25, -0.2) is 0 Å². The van der Waals surface area contributed by atoms with E-state index in [0.29, 0.717) is 15.7 Å². The second-order valence-corrected chi connectivity index (χ2v) is 6.61. The minimum atomic E-state index is -0.398. The molecule has 0 spiro atoms. The molecule has 0 atom stereocenters. The van der Waals surface area contributed by atoms with Crippen molar-refractivity contribution in [3.05, 3.63) is 85.6 Å². The summed E-state index contributed by atoms with van der Waals surface area (Å²) in [5, 5.41) is 12.0. The van der Waals surface area contributed by atoms with Crippen LogP contribution >= 0.6 is 23.2 Å². The number of benzene rings is 2. The van der Waals surface area contributed by atoms with Crippen LogP contribution in [0, 0.1) is 24.0 Å². The topological polar surface area (TPSA) is 60.4 Å². The van der Waals surface area contributed by atoms with Crippen LogP contribution in [0.25, 0.3) is 5.69 Å². The van der Waals surface area contributed by atoms with Crippen molar-refractivity contribution in [2.75, 3.05) is 0 Å². The predicted molar refractivity (Wildman–Crippen MR) is 106 cm³/mol. The van der Waals surface area contributed by atoms with Crippen molar-refractivity contribution in [1.29, 1.82) is 0 Å². The number of aliphatic imine (C=N–C) groups is 1. The van der Waals surface area contributed by atoms with Gasteiger partial charge in [-0.05, 0) is 44.2 Å². The van der Waals surface area contributed by atoms with Crippen molar-refractivity contribution >= 4 is 40.8 Å². The molecule has 2 aromatic carbocycles. The summed E-state index contributed by atoms with van der Waals surface area (Å²) in [6.07, 6.45) is 1.75. The maximum Gasteiger partial charge on any atom is 0.271 e. The summed E-state index contributed by atoms with van der Waals surface area (Å²) < 4.78 is 1.96. The third kappa shape index (κ3) is 3.64. The Morgan fingerprint density at radius 3 is 2.54 bits per heavy atom. The summed E-state index contributed by atoms with van der Waals surface area (Å²) in [5.41, 5.74) is 4.30. The van der Waals surface area contributed by atoms with Gasteiger partial charge in [0.05, 0.1) is 26.3 Å². The molecular formula is C19H15Cl2N3O2. The number of nitro groups is 1. The fourth-order valence-electron chi connectivity index (χ4n) is 2.77. The number of aryl methyl sites for hydroxylation is 1. The first-order valence-electron chi connectivity index (χ1n) is 7.79. The lowest BCUT2D eigenvalue weighted by Crippen LogP contribution is -2.00. The molecule has 1 aromatic heterocycles. The number of nitro benzene ring substituents is 1. The summed E-state index contributed by atoms with van der Waals surface area (Å²) in [4.78, 5) is 15.1. The third-order valence-corrected chi connectivity index (χ3v) is 4.76. The van der Waals surface area contributed by atoms with E-state index in [1.165, 1.54) is 6.07 Å². The van der Waals surface area contributed by atoms with Gasteiger partial charge in [0.15, 0.2) is 0 Å². The highest BCUT2D eigenvalue weighted by atomic mass is 35.5. The molecule has 0 aliphatic rings. The van der Waals surface area contributed by atoms with Crippen LogP contribution < -0.4 is 0 Å². The molecule has 0 saturated heterocycles. The van der Waals surface area contributed by atoms with E-state index in [1.807, 2.05) is 30.5 Å². The Hall–Kier alpha value is -2.63. The molecule has 0 saturated carbocycles. The second-order valence-electron chi connectivity index (χ2n) is 5.80. The molecular weight excluding hydrogens is 373 g/mol. The Kier molecular flexibility index (Phi) is 5.11. The Bertz CT molecular complexity index is 1030. The molecule has 0 aliphatic carbocycles. The fourth-order valence-corrected chi connectivity index (χ4v) is 3.06. The fraction of sp³-hybridized carbons (Fsp3) is 0.105. The maximum atomic E-state index is 11.0. The van der Waals surface area contributed by atoms with E-state index in [-0.39, 0.29) is 5.69 Å². The highest BCUT2D eigenvalue weighted by Crippen LogP contribution is 2.27. The maximum absolute atomic E-state index is 11.0. The van der Waals surface area contributed by atoms with Gasteiger partial charge in [0.2, 0.25) is 0 Å². The van der Waals surface area contributed by atoms with Crippen molar-refractivity contribution in [2.45, 2.75) is 13.8 Å². The molecule has 0 aliphatic heterocycles. The zero-order valence-corrected chi connectivity index (χ0v) is 15.6. The molecule has 0 bridgehead atoms. The summed E-state index contributed by atoms with van der Waals surface area (Å²) >= 11 is 11.9. The van der Waals surface area contributed by atoms with Gasteiger partial charge in [-0.15, -0.1) is 0 Å². The molecule has 0 unspecified atom stereocenters. The van der Waals surface area contributed by atoms with Crippen LogP contribution in [0.3, 0.4) is 0 Å². The van der Waals surface area contributed by atoms with Crippen molar-refractivity contribution in [2.24, 2.45) is 4.99 Å². The summed E-state index contributed by atoms with van der Waals surface area (Å²) in [6.45, 7) is 3.89. The molecule has 3 aromatic rings. The first-order chi connectivity index (χ1) is 12.4. The largest absolute Gasteiger partial charge is 0.318 e. The van der Waals surface area contributed by atoms with Crippen molar-refractivity contribution in [3.8, 4) is 5.69 Å². The number of nitrogens with zero attached hydrogens (tertiary/aromatic N) is 3. The number of rotatable bonds is 4. The van der Waals surface area contributed by atoms with Crippen molar-refractivity contribution < 1.29 is 4.92 Å². The molecule has 0 fully saturated rings. The first-order valence-corrected chi connectivity index (χ1v) is 8.55. The average Bonchev–Trinajstić information content (AvgIpc) is 2.89. The highest BCUT2D eigenvalue weighted by molar-refractivity contribution is 6.42. The molecule has 0 amide bonds. The number of non-ortho nitro benzene ring substituents is 1. The summed E-state index contributed by atoms with van der Waals surface area (Å²) in [6, 6.07) is 13.7. The zero-order chi connectivity index (χ0) is 18.8. The van der Waals surface area contributed by atoms with E-state index >= 15 is 0 Å². The SMILES string of the molecule is Cc1cc(C=Nc2ccc(Cl)c(Cl)c2)c(C)n1-c1cccc([N+](=O)[O-])c1. The van der Waals surface area contributed by atoms with Crippen LogP contribution in [0.2, 0.25) is 10.0 Å². The lowest BCUT2D eigenvalue weighted by atomic mass is 10.2. The molecule has 132 valence electrons. The van der Waals surface area contributed by atoms with Crippen LogP contribution in [-0.4, -0.2) is 15.7 Å². The van der Waals surface area contributed by atoms with E-state index in [2.05, 4.69) is 4.99 Å². The summed E-state index contributed by atoms with van der Waals surface area (Å²) in [7, 11) is 0. The minimum absolute atomic E-state index is 0.0565. The number of aromatic nitrogens is 1. The van der Waals surface area contributed by atoms with Gasteiger partial charge in [0.25, 0.3) is 5.69 Å². The molecule has 3 rings (SSSR count). The van der Waals surface area contributed by atoms with E-state index < -0.39 is 4.92 Å². The van der Waals surface area contributed by atoms with Crippen LogP contribution in [0.4, 0.5) is 11.4 Å². The Morgan fingerprint density at radius 2 is 1.85 bits per heavy atom. The Morgan fingerprint density at radius 1 is 1.08 bits per heavy atom. The molecule has 1 heterocycles. The predicted octanol–water partition coefficient (Wildman–Crippen LogP) is 6.06. The lowest BCUT2D eigenvalue weighted by molar-refractivity contribution is -0.384. The molecule has 26 heavy (non-hydrogen) atoms. The van der Waals surface area contributed by atoms with Gasteiger partial charge in [0, 0.05) is 35.3 Å². The molecule has 0 radical (unpaired) electrons. The third-order valence-electron chi connectivity index (χ3n) is 4.02. The standard InChI is InChI=1S/C19H15Cl2N3O2/c1-12-8-14(11-22-15-6-7-18(20)19(21)9-15)13(2)23(12)16-4-3-5-17(10-16)24(25)26/h3-11H,1-2H3. The quantitative estimate of drug-likeness (QED) is 0.310. The smallest absolute Gasteiger partial charge is 0.271 e. The Balaban J connectivity index is 1.98. The highest BCUT2D eigenvalue weighted by Gasteiger charge is 2.12. The average molecular weight is 388 g/mol. The number of hydrogen-bond acceptors (Lipinski definition) is 3. The van der Waals surface area contributed by atoms with Gasteiger partial charge in [-0.2, -0.15) is 0 Å². The van der Waals surface area contributed by atoms with E-state index in [1.54, 1.807) is 36.5 Å². The normalized spacial score (nSPS) is 11.2. The Labute approximate surface area is 160 Å². The molecule has 5 nitrogen and oxygen atoms in total. The van der Waals surface area contributed by atoms with Crippen LogP contribution in [-0.2, 0) is 0 Å². The van der Waals surface area contributed by atoms with Crippen molar-refractivity contribution in [1.82, 2.24) is 4.57 Å². The minimum Gasteiger partial charge on any atom is -0.318 e.